The van der Waals surface area contributed by atoms with E-state index in [1.807, 2.05) is 26.1 Å². The van der Waals surface area contributed by atoms with Crippen molar-refractivity contribution in [2.45, 2.75) is 19.9 Å². The molecule has 0 N–H and O–H groups in total. The van der Waals surface area contributed by atoms with Crippen LogP contribution in [0.2, 0.25) is 0 Å². The first-order valence-corrected chi connectivity index (χ1v) is 8.54. The standard InChI is InChI=1S/C16H16N2OS2/c1-3-15-17-8-14(21-15)16(19)18(2)9-11-10-20-13-7-5-4-6-12(11)13/h4-8,10H,3,9H2,1-2H3. The van der Waals surface area contributed by atoms with Crippen molar-refractivity contribution in [2.75, 3.05) is 7.05 Å². The molecule has 21 heavy (non-hydrogen) atoms. The van der Waals surface area contributed by atoms with E-state index in [0.29, 0.717) is 11.4 Å². The number of nitrogens with zero attached hydrogens (tertiary/aromatic N) is 2. The Hall–Kier alpha value is -1.72. The third-order valence-electron chi connectivity index (χ3n) is 3.38. The van der Waals surface area contributed by atoms with Crippen molar-refractivity contribution in [3.05, 3.63) is 51.3 Å². The van der Waals surface area contributed by atoms with E-state index in [1.54, 1.807) is 22.4 Å². The second-order valence-corrected chi connectivity index (χ2v) is 6.92. The van der Waals surface area contributed by atoms with Gasteiger partial charge < -0.3 is 4.90 Å². The van der Waals surface area contributed by atoms with Crippen LogP contribution in [0.15, 0.2) is 35.8 Å². The van der Waals surface area contributed by atoms with E-state index < -0.39 is 0 Å². The zero-order chi connectivity index (χ0) is 14.8. The Balaban J connectivity index is 1.79. The molecule has 1 aromatic carbocycles. The molecule has 108 valence electrons. The fraction of sp³-hybridized carbons (Fsp3) is 0.250. The van der Waals surface area contributed by atoms with Crippen LogP contribution in [-0.2, 0) is 13.0 Å². The minimum Gasteiger partial charge on any atom is -0.337 e. The average Bonchev–Trinajstić information content (AvgIpc) is 3.14. The van der Waals surface area contributed by atoms with Crippen LogP contribution in [-0.4, -0.2) is 22.8 Å². The van der Waals surface area contributed by atoms with Crippen LogP contribution >= 0.6 is 22.7 Å². The van der Waals surface area contributed by atoms with Gasteiger partial charge in [0.2, 0.25) is 0 Å². The number of carbonyl (C=O) groups is 1. The Morgan fingerprint density at radius 2 is 2.14 bits per heavy atom. The van der Waals surface area contributed by atoms with Crippen LogP contribution in [0.25, 0.3) is 10.1 Å². The molecule has 5 heteroatoms. The SMILES string of the molecule is CCc1ncc(C(=O)N(C)Cc2csc3ccccc23)s1. The number of amides is 1. The van der Waals surface area contributed by atoms with Gasteiger partial charge >= 0.3 is 0 Å². The molecule has 0 aliphatic rings. The number of aryl methyl sites for hydroxylation is 1. The molecule has 0 radical (unpaired) electrons. The van der Waals surface area contributed by atoms with Gasteiger partial charge in [-0.25, -0.2) is 4.98 Å². The van der Waals surface area contributed by atoms with Gasteiger partial charge in [-0.1, -0.05) is 25.1 Å². The molecular weight excluding hydrogens is 300 g/mol. The lowest BCUT2D eigenvalue weighted by Gasteiger charge is -2.15. The van der Waals surface area contributed by atoms with Crippen LogP contribution in [0, 0.1) is 0 Å². The number of hydrogen-bond acceptors (Lipinski definition) is 4. The molecule has 0 aliphatic heterocycles. The van der Waals surface area contributed by atoms with Crippen molar-refractivity contribution >= 4 is 38.7 Å². The van der Waals surface area contributed by atoms with E-state index in [4.69, 9.17) is 0 Å². The highest BCUT2D eigenvalue weighted by molar-refractivity contribution is 7.17. The summed E-state index contributed by atoms with van der Waals surface area (Å²) in [6.07, 6.45) is 2.56. The van der Waals surface area contributed by atoms with Crippen LogP contribution in [0.4, 0.5) is 0 Å². The second-order valence-electron chi connectivity index (χ2n) is 4.89. The third kappa shape index (κ3) is 2.84. The van der Waals surface area contributed by atoms with Crippen molar-refractivity contribution in [3.8, 4) is 0 Å². The van der Waals surface area contributed by atoms with Crippen molar-refractivity contribution in [2.24, 2.45) is 0 Å². The van der Waals surface area contributed by atoms with Gasteiger partial charge in [0, 0.05) is 18.3 Å². The van der Waals surface area contributed by atoms with Gasteiger partial charge in [-0.3, -0.25) is 4.79 Å². The zero-order valence-electron chi connectivity index (χ0n) is 12.0. The van der Waals surface area contributed by atoms with Gasteiger partial charge in [-0.15, -0.1) is 22.7 Å². The fourth-order valence-electron chi connectivity index (χ4n) is 2.24. The molecule has 0 saturated carbocycles. The van der Waals surface area contributed by atoms with Crippen LogP contribution in [0.1, 0.15) is 27.2 Å². The topological polar surface area (TPSA) is 33.2 Å². The summed E-state index contributed by atoms with van der Waals surface area (Å²) in [6.45, 7) is 2.68. The summed E-state index contributed by atoms with van der Waals surface area (Å²) in [5, 5.41) is 4.38. The highest BCUT2D eigenvalue weighted by atomic mass is 32.1. The van der Waals surface area contributed by atoms with E-state index in [9.17, 15) is 4.79 Å². The number of fused-ring (bicyclic) bond motifs is 1. The Labute approximate surface area is 131 Å². The zero-order valence-corrected chi connectivity index (χ0v) is 13.6. The molecule has 0 unspecified atom stereocenters. The molecule has 0 aliphatic carbocycles. The summed E-state index contributed by atoms with van der Waals surface area (Å²) in [5.74, 6) is 0.0440. The molecule has 3 rings (SSSR count). The molecule has 0 spiro atoms. The lowest BCUT2D eigenvalue weighted by Crippen LogP contribution is -2.25. The maximum absolute atomic E-state index is 12.4. The number of benzene rings is 1. The number of aromatic nitrogens is 1. The normalized spacial score (nSPS) is 11.0. The van der Waals surface area contributed by atoms with Crippen molar-refractivity contribution in [1.29, 1.82) is 0 Å². The van der Waals surface area contributed by atoms with Crippen molar-refractivity contribution in [3.63, 3.8) is 0 Å². The Bertz CT molecular complexity index is 775. The molecule has 1 amide bonds. The Morgan fingerprint density at radius 1 is 1.33 bits per heavy atom. The second kappa shape index (κ2) is 5.95. The van der Waals surface area contributed by atoms with E-state index in [2.05, 4.69) is 22.5 Å². The fourth-order valence-corrected chi connectivity index (χ4v) is 4.05. The van der Waals surface area contributed by atoms with Crippen molar-refractivity contribution < 1.29 is 4.79 Å². The quantitative estimate of drug-likeness (QED) is 0.723. The molecular formula is C16H16N2OS2. The molecule has 0 atom stereocenters. The van der Waals surface area contributed by atoms with E-state index in [0.717, 1.165) is 11.4 Å². The molecule has 3 nitrogen and oxygen atoms in total. The molecule has 2 heterocycles. The van der Waals surface area contributed by atoms with Crippen LogP contribution < -0.4 is 0 Å². The number of carbonyl (C=O) groups excluding carboxylic acids is 1. The molecule has 0 fully saturated rings. The summed E-state index contributed by atoms with van der Waals surface area (Å²) in [7, 11) is 1.85. The third-order valence-corrected chi connectivity index (χ3v) is 5.52. The minimum atomic E-state index is 0.0440. The minimum absolute atomic E-state index is 0.0440. The van der Waals surface area contributed by atoms with Gasteiger partial charge in [-0.2, -0.15) is 0 Å². The lowest BCUT2D eigenvalue weighted by atomic mass is 10.1. The van der Waals surface area contributed by atoms with E-state index in [-0.39, 0.29) is 5.91 Å². The first-order chi connectivity index (χ1) is 10.2. The Morgan fingerprint density at radius 3 is 2.90 bits per heavy atom. The summed E-state index contributed by atoms with van der Waals surface area (Å²) < 4.78 is 1.26. The number of thiophene rings is 1. The highest BCUT2D eigenvalue weighted by Gasteiger charge is 2.16. The van der Waals surface area contributed by atoms with Gasteiger partial charge in [0.15, 0.2) is 0 Å². The predicted octanol–water partition coefficient (Wildman–Crippen LogP) is 4.19. The maximum atomic E-state index is 12.4. The molecule has 0 saturated heterocycles. The first-order valence-electron chi connectivity index (χ1n) is 6.84. The van der Waals surface area contributed by atoms with Crippen LogP contribution in [0.3, 0.4) is 0 Å². The largest absolute Gasteiger partial charge is 0.337 e. The Kier molecular flexibility index (Phi) is 4.03. The first kappa shape index (κ1) is 14.2. The molecule has 2 aromatic heterocycles. The highest BCUT2D eigenvalue weighted by Crippen LogP contribution is 2.27. The van der Waals surface area contributed by atoms with Gasteiger partial charge in [0.1, 0.15) is 4.88 Å². The smallest absolute Gasteiger partial charge is 0.265 e. The number of thiazole rings is 1. The average molecular weight is 316 g/mol. The number of rotatable bonds is 4. The lowest BCUT2D eigenvalue weighted by molar-refractivity contribution is 0.0790. The van der Waals surface area contributed by atoms with E-state index in [1.165, 1.54) is 27.0 Å². The van der Waals surface area contributed by atoms with Gasteiger partial charge in [0.25, 0.3) is 5.91 Å². The summed E-state index contributed by atoms with van der Waals surface area (Å²) in [4.78, 5) is 19.2. The van der Waals surface area contributed by atoms with E-state index >= 15 is 0 Å². The maximum Gasteiger partial charge on any atom is 0.265 e. The predicted molar refractivity (Wildman–Crippen MR) is 89.1 cm³/mol. The monoisotopic (exact) mass is 316 g/mol. The van der Waals surface area contributed by atoms with Crippen LogP contribution in [0.5, 0.6) is 0 Å². The summed E-state index contributed by atoms with van der Waals surface area (Å²) in [6, 6.07) is 8.31. The molecule has 3 aromatic rings. The van der Waals surface area contributed by atoms with Gasteiger partial charge in [0.05, 0.1) is 11.2 Å². The molecule has 0 bridgehead atoms. The van der Waals surface area contributed by atoms with Gasteiger partial charge in [-0.05, 0) is 28.8 Å². The summed E-state index contributed by atoms with van der Waals surface area (Å²) >= 11 is 3.21. The summed E-state index contributed by atoms with van der Waals surface area (Å²) in [5.41, 5.74) is 1.20. The number of hydrogen-bond donors (Lipinski definition) is 0. The van der Waals surface area contributed by atoms with Crippen molar-refractivity contribution in [1.82, 2.24) is 9.88 Å².